The summed E-state index contributed by atoms with van der Waals surface area (Å²) in [4.78, 5) is 15.7. The Morgan fingerprint density at radius 1 is 1.67 bits per heavy atom. The first-order valence-corrected chi connectivity index (χ1v) is 5.94. The van der Waals surface area contributed by atoms with E-state index in [9.17, 15) is 4.79 Å². The average Bonchev–Trinajstić information content (AvgIpc) is 2.61. The topological polar surface area (TPSA) is 68.0 Å². The van der Waals surface area contributed by atoms with Crippen LogP contribution in [0.1, 0.15) is 29.3 Å². The predicted molar refractivity (Wildman–Crippen MR) is 62.0 cm³/mol. The Morgan fingerprint density at radius 2 is 2.40 bits per heavy atom. The van der Waals surface area contributed by atoms with Crippen LogP contribution in [0.25, 0.3) is 0 Å². The molecule has 0 aromatic carbocycles. The smallest absolute Gasteiger partial charge is 0.270 e. The van der Waals surface area contributed by atoms with Gasteiger partial charge in [-0.3, -0.25) is 4.79 Å². The van der Waals surface area contributed by atoms with E-state index in [4.69, 9.17) is 5.73 Å². The second-order valence-corrected chi connectivity index (χ2v) is 4.71. The van der Waals surface area contributed by atoms with Gasteiger partial charge in [-0.1, -0.05) is 13.8 Å². The maximum Gasteiger partial charge on any atom is 0.270 e. The van der Waals surface area contributed by atoms with Crippen molar-refractivity contribution in [3.63, 3.8) is 0 Å². The standard InChI is InChI=1S/C10H17N3OS/c1-7(2)5-9-13-8(6-15-9)10(14)12-4-3-11/h6-7H,3-5,11H2,1-2H3,(H,12,14). The lowest BCUT2D eigenvalue weighted by Gasteiger charge is -2.00. The van der Waals surface area contributed by atoms with Crippen LogP contribution in [-0.2, 0) is 6.42 Å². The third-order valence-corrected chi connectivity index (χ3v) is 2.67. The fourth-order valence-electron chi connectivity index (χ4n) is 1.13. The number of rotatable bonds is 5. The van der Waals surface area contributed by atoms with Gasteiger partial charge >= 0.3 is 0 Å². The fourth-order valence-corrected chi connectivity index (χ4v) is 2.12. The molecule has 0 saturated heterocycles. The minimum atomic E-state index is -0.133. The van der Waals surface area contributed by atoms with Gasteiger partial charge in [0, 0.05) is 24.9 Å². The van der Waals surface area contributed by atoms with Crippen LogP contribution in [0.15, 0.2) is 5.38 Å². The third kappa shape index (κ3) is 3.97. The highest BCUT2D eigenvalue weighted by Crippen LogP contribution is 2.13. The summed E-state index contributed by atoms with van der Waals surface area (Å²) in [5.74, 6) is 0.433. The van der Waals surface area contributed by atoms with E-state index in [0.29, 0.717) is 24.7 Å². The lowest BCUT2D eigenvalue weighted by molar-refractivity contribution is 0.0950. The van der Waals surface area contributed by atoms with Crippen molar-refractivity contribution >= 4 is 17.2 Å². The Balaban J connectivity index is 2.55. The van der Waals surface area contributed by atoms with Crippen molar-refractivity contribution < 1.29 is 4.79 Å². The molecule has 0 fully saturated rings. The van der Waals surface area contributed by atoms with Crippen molar-refractivity contribution in [1.29, 1.82) is 0 Å². The lowest BCUT2D eigenvalue weighted by atomic mass is 10.1. The molecule has 0 spiro atoms. The van der Waals surface area contributed by atoms with Gasteiger partial charge < -0.3 is 11.1 Å². The molecule has 1 aromatic heterocycles. The van der Waals surface area contributed by atoms with Crippen LogP contribution in [0, 0.1) is 5.92 Å². The average molecular weight is 227 g/mol. The number of hydrogen-bond acceptors (Lipinski definition) is 4. The van der Waals surface area contributed by atoms with Crippen LogP contribution >= 0.6 is 11.3 Å². The molecule has 15 heavy (non-hydrogen) atoms. The number of amides is 1. The Kier molecular flexibility index (Phi) is 4.71. The third-order valence-electron chi connectivity index (χ3n) is 1.80. The van der Waals surface area contributed by atoms with Crippen LogP contribution < -0.4 is 11.1 Å². The Morgan fingerprint density at radius 3 is 3.00 bits per heavy atom. The summed E-state index contributed by atoms with van der Waals surface area (Å²) in [5, 5.41) is 5.51. The molecular formula is C10H17N3OS. The molecule has 0 aliphatic rings. The van der Waals surface area contributed by atoms with Gasteiger partial charge in [-0.2, -0.15) is 0 Å². The van der Waals surface area contributed by atoms with Gasteiger partial charge in [0.05, 0.1) is 5.01 Å². The summed E-state index contributed by atoms with van der Waals surface area (Å²) in [6.07, 6.45) is 0.925. The van der Waals surface area contributed by atoms with Gasteiger partial charge in [0.1, 0.15) is 5.69 Å². The number of thiazole rings is 1. The molecule has 84 valence electrons. The minimum Gasteiger partial charge on any atom is -0.349 e. The van der Waals surface area contributed by atoms with Crippen molar-refractivity contribution in [2.75, 3.05) is 13.1 Å². The molecule has 5 heteroatoms. The molecule has 0 aliphatic carbocycles. The second-order valence-electron chi connectivity index (χ2n) is 3.77. The molecule has 0 bridgehead atoms. The van der Waals surface area contributed by atoms with Crippen molar-refractivity contribution in [3.05, 3.63) is 16.1 Å². The normalized spacial score (nSPS) is 10.7. The van der Waals surface area contributed by atoms with Gasteiger partial charge in [-0.15, -0.1) is 11.3 Å². The molecule has 4 nitrogen and oxygen atoms in total. The number of nitrogens with zero attached hydrogens (tertiary/aromatic N) is 1. The minimum absolute atomic E-state index is 0.133. The number of carbonyl (C=O) groups excluding carboxylic acids is 1. The zero-order chi connectivity index (χ0) is 11.3. The van der Waals surface area contributed by atoms with Gasteiger partial charge in [-0.05, 0) is 5.92 Å². The van der Waals surface area contributed by atoms with E-state index in [2.05, 4.69) is 24.1 Å². The monoisotopic (exact) mass is 227 g/mol. The van der Waals surface area contributed by atoms with E-state index in [1.54, 1.807) is 5.38 Å². The molecule has 0 radical (unpaired) electrons. The first-order chi connectivity index (χ1) is 7.13. The van der Waals surface area contributed by atoms with Crippen LogP contribution in [0.2, 0.25) is 0 Å². The maximum absolute atomic E-state index is 11.5. The lowest BCUT2D eigenvalue weighted by Crippen LogP contribution is -2.29. The highest BCUT2D eigenvalue weighted by molar-refractivity contribution is 7.09. The predicted octanol–water partition coefficient (Wildman–Crippen LogP) is 1.03. The van der Waals surface area contributed by atoms with Crippen LogP contribution in [0.5, 0.6) is 0 Å². The molecule has 1 aromatic rings. The summed E-state index contributed by atoms with van der Waals surface area (Å²) in [6, 6.07) is 0. The highest BCUT2D eigenvalue weighted by Gasteiger charge is 2.10. The first kappa shape index (κ1) is 12.1. The Labute approximate surface area is 93.9 Å². The fraction of sp³-hybridized carbons (Fsp3) is 0.600. The largest absolute Gasteiger partial charge is 0.349 e. The molecule has 0 aliphatic heterocycles. The number of carbonyl (C=O) groups is 1. The maximum atomic E-state index is 11.5. The summed E-state index contributed by atoms with van der Waals surface area (Å²) in [5.41, 5.74) is 5.80. The SMILES string of the molecule is CC(C)Cc1nc(C(=O)NCCN)cs1. The van der Waals surface area contributed by atoms with Crippen LogP contribution in [-0.4, -0.2) is 24.0 Å². The zero-order valence-electron chi connectivity index (χ0n) is 9.12. The molecule has 1 heterocycles. The number of nitrogens with two attached hydrogens (primary N) is 1. The zero-order valence-corrected chi connectivity index (χ0v) is 9.93. The molecular weight excluding hydrogens is 210 g/mol. The van der Waals surface area contributed by atoms with Crippen LogP contribution in [0.3, 0.4) is 0 Å². The molecule has 0 atom stereocenters. The van der Waals surface area contributed by atoms with Crippen molar-refractivity contribution in [1.82, 2.24) is 10.3 Å². The van der Waals surface area contributed by atoms with Crippen molar-refractivity contribution in [3.8, 4) is 0 Å². The second kappa shape index (κ2) is 5.82. The Hall–Kier alpha value is -0.940. The molecule has 0 unspecified atom stereocenters. The van der Waals surface area contributed by atoms with Gasteiger partial charge in [-0.25, -0.2) is 4.98 Å². The summed E-state index contributed by atoms with van der Waals surface area (Å²) >= 11 is 1.54. The Bertz CT molecular complexity index is 322. The molecule has 1 amide bonds. The summed E-state index contributed by atoms with van der Waals surface area (Å²) < 4.78 is 0. The van der Waals surface area contributed by atoms with E-state index >= 15 is 0 Å². The summed E-state index contributed by atoms with van der Waals surface area (Å²) in [6.45, 7) is 5.22. The van der Waals surface area contributed by atoms with Crippen molar-refractivity contribution in [2.24, 2.45) is 11.7 Å². The molecule has 3 N–H and O–H groups in total. The quantitative estimate of drug-likeness (QED) is 0.789. The van der Waals surface area contributed by atoms with E-state index in [1.165, 1.54) is 11.3 Å². The molecule has 0 saturated carbocycles. The molecule has 1 rings (SSSR count). The number of aromatic nitrogens is 1. The van der Waals surface area contributed by atoms with E-state index in [-0.39, 0.29) is 5.91 Å². The number of hydrogen-bond donors (Lipinski definition) is 2. The highest BCUT2D eigenvalue weighted by atomic mass is 32.1. The van der Waals surface area contributed by atoms with E-state index < -0.39 is 0 Å². The van der Waals surface area contributed by atoms with Gasteiger partial charge in [0.25, 0.3) is 5.91 Å². The van der Waals surface area contributed by atoms with E-state index in [1.807, 2.05) is 0 Å². The van der Waals surface area contributed by atoms with Crippen LogP contribution in [0.4, 0.5) is 0 Å². The van der Waals surface area contributed by atoms with E-state index in [0.717, 1.165) is 11.4 Å². The first-order valence-electron chi connectivity index (χ1n) is 5.06. The van der Waals surface area contributed by atoms with Crippen molar-refractivity contribution in [2.45, 2.75) is 20.3 Å². The summed E-state index contributed by atoms with van der Waals surface area (Å²) in [7, 11) is 0. The number of nitrogens with one attached hydrogen (secondary N) is 1. The van der Waals surface area contributed by atoms with Gasteiger partial charge in [0.15, 0.2) is 0 Å². The van der Waals surface area contributed by atoms with Gasteiger partial charge in [0.2, 0.25) is 0 Å².